The van der Waals surface area contributed by atoms with Crippen LogP contribution in [0.1, 0.15) is 18.1 Å². The highest BCUT2D eigenvalue weighted by molar-refractivity contribution is 5.67. The van der Waals surface area contributed by atoms with E-state index in [0.29, 0.717) is 6.54 Å². The Morgan fingerprint density at radius 2 is 2.06 bits per heavy atom. The fraction of sp³-hybridized carbons (Fsp3) is 0.357. The molecule has 3 nitrogen and oxygen atoms in total. The van der Waals surface area contributed by atoms with Crippen LogP contribution in [0.3, 0.4) is 0 Å². The van der Waals surface area contributed by atoms with Crippen LogP contribution in [0, 0.1) is 6.92 Å². The van der Waals surface area contributed by atoms with Gasteiger partial charge in [-0.15, -0.1) is 0 Å². The van der Waals surface area contributed by atoms with E-state index >= 15 is 0 Å². The molecule has 1 aromatic heterocycles. The van der Waals surface area contributed by atoms with Gasteiger partial charge >= 0.3 is 0 Å². The van der Waals surface area contributed by atoms with Crippen LogP contribution < -0.4 is 5.73 Å². The van der Waals surface area contributed by atoms with Gasteiger partial charge in [-0.25, -0.2) is 0 Å². The third-order valence-electron chi connectivity index (χ3n) is 3.03. The normalized spacial score (nSPS) is 10.8. The van der Waals surface area contributed by atoms with Crippen LogP contribution in [0.4, 0.5) is 0 Å². The Morgan fingerprint density at radius 3 is 2.71 bits per heavy atom. The summed E-state index contributed by atoms with van der Waals surface area (Å²) in [4.78, 5) is 0. The van der Waals surface area contributed by atoms with E-state index in [0.717, 1.165) is 13.0 Å². The molecule has 0 saturated carbocycles. The number of hydrogen-bond acceptors (Lipinski definition) is 2. The summed E-state index contributed by atoms with van der Waals surface area (Å²) in [7, 11) is 0. The van der Waals surface area contributed by atoms with Crippen LogP contribution in [0.5, 0.6) is 0 Å². The van der Waals surface area contributed by atoms with Crippen molar-refractivity contribution in [3.63, 3.8) is 0 Å². The summed E-state index contributed by atoms with van der Waals surface area (Å²) in [5, 5.41) is 4.43. The number of nitrogens with zero attached hydrogens (tertiary/aromatic N) is 2. The first-order valence-corrected chi connectivity index (χ1v) is 6.08. The lowest BCUT2D eigenvalue weighted by Gasteiger charge is -2.10. The molecule has 0 bridgehead atoms. The van der Waals surface area contributed by atoms with Crippen LogP contribution in [0.25, 0.3) is 11.3 Å². The second-order valence-electron chi connectivity index (χ2n) is 4.19. The lowest BCUT2D eigenvalue weighted by Crippen LogP contribution is -2.05. The van der Waals surface area contributed by atoms with Gasteiger partial charge in [-0.1, -0.05) is 24.3 Å². The van der Waals surface area contributed by atoms with Gasteiger partial charge in [-0.05, 0) is 37.9 Å². The van der Waals surface area contributed by atoms with Crippen molar-refractivity contribution in [1.29, 1.82) is 0 Å². The predicted molar refractivity (Wildman–Crippen MR) is 70.8 cm³/mol. The number of nitrogens with two attached hydrogens (primary N) is 1. The molecule has 1 heterocycles. The van der Waals surface area contributed by atoms with Gasteiger partial charge in [0.05, 0.1) is 11.9 Å². The number of rotatable bonds is 4. The minimum Gasteiger partial charge on any atom is -0.330 e. The van der Waals surface area contributed by atoms with E-state index in [1.807, 2.05) is 10.9 Å². The second-order valence-corrected chi connectivity index (χ2v) is 4.19. The molecule has 17 heavy (non-hydrogen) atoms. The standard InChI is InChI=1S/C14H19N3/c1-3-17-14(12(8-9-15)10-16-17)13-7-5-4-6-11(13)2/h4-7,10H,3,8-9,15H2,1-2H3. The van der Waals surface area contributed by atoms with Gasteiger partial charge in [0.15, 0.2) is 0 Å². The zero-order chi connectivity index (χ0) is 12.3. The van der Waals surface area contributed by atoms with Crippen molar-refractivity contribution in [2.75, 3.05) is 6.54 Å². The van der Waals surface area contributed by atoms with Gasteiger partial charge < -0.3 is 5.73 Å². The Labute approximate surface area is 102 Å². The molecule has 2 rings (SSSR count). The Morgan fingerprint density at radius 1 is 1.29 bits per heavy atom. The first-order chi connectivity index (χ1) is 8.27. The van der Waals surface area contributed by atoms with Crippen molar-refractivity contribution in [2.24, 2.45) is 5.73 Å². The quantitative estimate of drug-likeness (QED) is 0.874. The Bertz CT molecular complexity index is 500. The molecule has 0 fully saturated rings. The summed E-state index contributed by atoms with van der Waals surface area (Å²) in [5.74, 6) is 0. The Balaban J connectivity index is 2.56. The van der Waals surface area contributed by atoms with E-state index in [-0.39, 0.29) is 0 Å². The van der Waals surface area contributed by atoms with Crippen LogP contribution in [-0.4, -0.2) is 16.3 Å². The van der Waals surface area contributed by atoms with Crippen molar-refractivity contribution < 1.29 is 0 Å². The predicted octanol–water partition coefficient (Wildman–Crippen LogP) is 2.38. The Hall–Kier alpha value is -1.61. The summed E-state index contributed by atoms with van der Waals surface area (Å²) >= 11 is 0. The molecule has 0 amide bonds. The van der Waals surface area contributed by atoms with Crippen LogP contribution in [-0.2, 0) is 13.0 Å². The highest BCUT2D eigenvalue weighted by atomic mass is 15.3. The maximum atomic E-state index is 5.66. The van der Waals surface area contributed by atoms with Crippen molar-refractivity contribution in [1.82, 2.24) is 9.78 Å². The molecule has 0 aliphatic carbocycles. The van der Waals surface area contributed by atoms with E-state index in [1.165, 1.54) is 22.4 Å². The van der Waals surface area contributed by atoms with Gasteiger partial charge in [-0.3, -0.25) is 4.68 Å². The van der Waals surface area contributed by atoms with E-state index in [4.69, 9.17) is 5.73 Å². The minimum atomic E-state index is 0.661. The van der Waals surface area contributed by atoms with Gasteiger partial charge in [0.1, 0.15) is 0 Å². The average Bonchev–Trinajstić information content (AvgIpc) is 2.73. The number of hydrogen-bond donors (Lipinski definition) is 1. The summed E-state index contributed by atoms with van der Waals surface area (Å²) < 4.78 is 2.05. The molecule has 0 spiro atoms. The van der Waals surface area contributed by atoms with Gasteiger partial charge in [0, 0.05) is 12.1 Å². The number of aromatic nitrogens is 2. The van der Waals surface area contributed by atoms with Crippen LogP contribution >= 0.6 is 0 Å². The van der Waals surface area contributed by atoms with Crippen molar-refractivity contribution in [3.05, 3.63) is 41.6 Å². The lowest BCUT2D eigenvalue weighted by molar-refractivity contribution is 0.666. The molecular formula is C14H19N3. The van der Waals surface area contributed by atoms with Crippen molar-refractivity contribution in [2.45, 2.75) is 26.8 Å². The van der Waals surface area contributed by atoms with Crippen molar-refractivity contribution in [3.8, 4) is 11.3 Å². The Kier molecular flexibility index (Phi) is 3.59. The molecule has 0 atom stereocenters. The molecule has 2 aromatic rings. The van der Waals surface area contributed by atoms with Crippen LogP contribution in [0.15, 0.2) is 30.5 Å². The fourth-order valence-electron chi connectivity index (χ4n) is 2.15. The third-order valence-corrected chi connectivity index (χ3v) is 3.03. The summed E-state index contributed by atoms with van der Waals surface area (Å²) in [6.07, 6.45) is 2.82. The highest BCUT2D eigenvalue weighted by Gasteiger charge is 2.12. The molecule has 2 N–H and O–H groups in total. The molecule has 0 unspecified atom stereocenters. The van der Waals surface area contributed by atoms with E-state index in [2.05, 4.69) is 43.2 Å². The fourth-order valence-corrected chi connectivity index (χ4v) is 2.15. The maximum absolute atomic E-state index is 5.66. The van der Waals surface area contributed by atoms with E-state index in [1.54, 1.807) is 0 Å². The van der Waals surface area contributed by atoms with Gasteiger partial charge in [0.2, 0.25) is 0 Å². The second kappa shape index (κ2) is 5.15. The molecule has 0 aliphatic rings. The minimum absolute atomic E-state index is 0.661. The molecule has 0 aliphatic heterocycles. The molecule has 0 saturated heterocycles. The SMILES string of the molecule is CCn1ncc(CCN)c1-c1ccccc1C. The smallest absolute Gasteiger partial charge is 0.0717 e. The number of benzene rings is 1. The first-order valence-electron chi connectivity index (χ1n) is 6.08. The summed E-state index contributed by atoms with van der Waals surface area (Å²) in [6, 6.07) is 8.42. The molecular weight excluding hydrogens is 210 g/mol. The zero-order valence-corrected chi connectivity index (χ0v) is 10.5. The average molecular weight is 229 g/mol. The van der Waals surface area contributed by atoms with E-state index in [9.17, 15) is 0 Å². The molecule has 1 aromatic carbocycles. The largest absolute Gasteiger partial charge is 0.330 e. The van der Waals surface area contributed by atoms with Gasteiger partial charge in [-0.2, -0.15) is 5.10 Å². The first kappa shape index (κ1) is 11.9. The van der Waals surface area contributed by atoms with Gasteiger partial charge in [0.25, 0.3) is 0 Å². The topological polar surface area (TPSA) is 43.8 Å². The number of aryl methyl sites for hydroxylation is 2. The summed E-state index contributed by atoms with van der Waals surface area (Å²) in [6.45, 7) is 5.79. The highest BCUT2D eigenvalue weighted by Crippen LogP contribution is 2.26. The summed E-state index contributed by atoms with van der Waals surface area (Å²) in [5.41, 5.74) is 10.7. The zero-order valence-electron chi connectivity index (χ0n) is 10.5. The monoisotopic (exact) mass is 229 g/mol. The molecule has 90 valence electrons. The lowest BCUT2D eigenvalue weighted by atomic mass is 10.0. The van der Waals surface area contributed by atoms with Crippen LogP contribution in [0.2, 0.25) is 0 Å². The van der Waals surface area contributed by atoms with E-state index < -0.39 is 0 Å². The maximum Gasteiger partial charge on any atom is 0.0717 e. The van der Waals surface area contributed by atoms with Crippen molar-refractivity contribution >= 4 is 0 Å². The third kappa shape index (κ3) is 2.24. The molecule has 0 radical (unpaired) electrons. The molecule has 3 heteroatoms.